The molecule has 1 amide bonds. The Morgan fingerprint density at radius 1 is 1.20 bits per heavy atom. The fourth-order valence-corrected chi connectivity index (χ4v) is 2.54. The van der Waals surface area contributed by atoms with Crippen molar-refractivity contribution in [3.8, 4) is 11.5 Å². The topological polar surface area (TPSA) is 69.0 Å². The molecule has 1 aliphatic rings. The minimum atomic E-state index is -0.434. The van der Waals surface area contributed by atoms with Gasteiger partial charge in [-0.1, -0.05) is 0 Å². The Morgan fingerprint density at radius 3 is 2.60 bits per heavy atom. The van der Waals surface area contributed by atoms with Crippen molar-refractivity contribution in [3.05, 3.63) is 53.2 Å². The molecule has 25 heavy (non-hydrogen) atoms. The molecule has 130 valence electrons. The molecule has 1 aromatic carbocycles. The van der Waals surface area contributed by atoms with Crippen LogP contribution in [0.25, 0.3) is 6.08 Å². The van der Waals surface area contributed by atoms with Gasteiger partial charge >= 0.3 is 6.09 Å². The normalized spacial score (nSPS) is 14.4. The molecule has 0 N–H and O–H groups in total. The van der Waals surface area contributed by atoms with Gasteiger partial charge in [-0.3, -0.25) is 4.79 Å². The van der Waals surface area contributed by atoms with Crippen LogP contribution >= 0.6 is 0 Å². The fraction of sp³-hybridized carbons (Fsp3) is 0.263. The van der Waals surface area contributed by atoms with Gasteiger partial charge in [0.2, 0.25) is 5.78 Å². The lowest BCUT2D eigenvalue weighted by Crippen LogP contribution is -2.33. The van der Waals surface area contributed by atoms with Crippen LogP contribution < -0.4 is 9.47 Å². The predicted octanol–water partition coefficient (Wildman–Crippen LogP) is 4.04. The summed E-state index contributed by atoms with van der Waals surface area (Å²) in [6, 6.07) is 8.30. The van der Waals surface area contributed by atoms with Crippen molar-refractivity contribution in [2.24, 2.45) is 0 Å². The van der Waals surface area contributed by atoms with Gasteiger partial charge in [-0.15, -0.1) is 0 Å². The van der Waals surface area contributed by atoms with Gasteiger partial charge < -0.3 is 18.8 Å². The summed E-state index contributed by atoms with van der Waals surface area (Å²) in [5, 5.41) is 0. The van der Waals surface area contributed by atoms with Crippen LogP contribution in [0.1, 0.15) is 35.7 Å². The second-order valence-corrected chi connectivity index (χ2v) is 5.59. The predicted molar refractivity (Wildman–Crippen MR) is 91.8 cm³/mol. The minimum Gasteiger partial charge on any atom is -0.462 e. The number of fused-ring (bicyclic) bond motifs is 1. The summed E-state index contributed by atoms with van der Waals surface area (Å²) in [4.78, 5) is 26.0. The number of nitrogens with zero attached hydrogens (tertiary/aromatic N) is 1. The number of aryl methyl sites for hydroxylation is 1. The Bertz CT molecular complexity index is 845. The van der Waals surface area contributed by atoms with Crippen LogP contribution in [0.4, 0.5) is 4.79 Å². The maximum atomic E-state index is 12.4. The van der Waals surface area contributed by atoms with E-state index in [1.165, 1.54) is 0 Å². The number of furan rings is 1. The van der Waals surface area contributed by atoms with Crippen molar-refractivity contribution >= 4 is 18.0 Å². The highest BCUT2D eigenvalue weighted by atomic mass is 16.6. The van der Waals surface area contributed by atoms with Gasteiger partial charge in [-0.2, -0.15) is 0 Å². The highest BCUT2D eigenvalue weighted by molar-refractivity contribution is 6.14. The summed E-state index contributed by atoms with van der Waals surface area (Å²) in [7, 11) is 0. The molecule has 0 fully saturated rings. The Kier molecular flexibility index (Phi) is 4.61. The quantitative estimate of drug-likeness (QED) is 0.785. The highest BCUT2D eigenvalue weighted by Gasteiger charge is 2.28. The molecule has 0 radical (unpaired) electrons. The number of rotatable bonds is 4. The molecule has 6 nitrogen and oxygen atoms in total. The molecular formula is C19H19NO5. The van der Waals surface area contributed by atoms with Crippen molar-refractivity contribution < 1.29 is 23.5 Å². The first kappa shape index (κ1) is 16.8. The summed E-state index contributed by atoms with van der Waals surface area (Å²) in [6.07, 6.45) is 1.12. The third-order valence-electron chi connectivity index (χ3n) is 3.90. The number of carbonyl (C=O) groups excluding carboxylic acids is 2. The highest BCUT2D eigenvalue weighted by Crippen LogP contribution is 2.35. The van der Waals surface area contributed by atoms with Gasteiger partial charge in [-0.25, -0.2) is 4.79 Å². The third kappa shape index (κ3) is 3.42. The van der Waals surface area contributed by atoms with Gasteiger partial charge in [0.25, 0.3) is 0 Å². The summed E-state index contributed by atoms with van der Waals surface area (Å²) in [5.41, 5.74) is 0.428. The van der Waals surface area contributed by atoms with Gasteiger partial charge in [0.1, 0.15) is 23.0 Å². The zero-order valence-electron chi connectivity index (χ0n) is 14.4. The van der Waals surface area contributed by atoms with E-state index < -0.39 is 6.09 Å². The molecule has 0 bridgehead atoms. The number of allylic oxidation sites excluding steroid dienone is 1. The lowest BCUT2D eigenvalue weighted by atomic mass is 10.1. The first-order chi connectivity index (χ1) is 12.0. The Hall–Kier alpha value is -3.02. The number of carbonyl (C=O) groups is 2. The lowest BCUT2D eigenvalue weighted by Gasteiger charge is -2.17. The Morgan fingerprint density at radius 2 is 1.96 bits per heavy atom. The summed E-state index contributed by atoms with van der Waals surface area (Å²) < 4.78 is 16.4. The van der Waals surface area contributed by atoms with E-state index in [4.69, 9.17) is 13.9 Å². The number of amides is 1. The lowest BCUT2D eigenvalue weighted by molar-refractivity contribution is 0.101. The molecule has 0 unspecified atom stereocenters. The molecular weight excluding hydrogens is 322 g/mol. The molecule has 2 heterocycles. The zero-order chi connectivity index (χ0) is 18.0. The van der Waals surface area contributed by atoms with Gasteiger partial charge in [0.15, 0.2) is 5.76 Å². The van der Waals surface area contributed by atoms with E-state index >= 15 is 0 Å². The average molecular weight is 341 g/mol. The van der Waals surface area contributed by atoms with E-state index in [0.717, 1.165) is 5.76 Å². The molecule has 1 aliphatic heterocycles. The number of hydrogen-bond donors (Lipinski definition) is 0. The molecule has 0 saturated heterocycles. The standard InChI is InChI=1S/C19H19NO5/c1-4-20(5-2)19(22)24-14-8-9-15-16(10-14)25-17(18(15)21)11-13-7-6-12(3)23-13/h6-11H,4-5H2,1-3H3/b17-11+. The first-order valence-corrected chi connectivity index (χ1v) is 8.13. The van der Waals surface area contributed by atoms with E-state index in [-0.39, 0.29) is 11.5 Å². The van der Waals surface area contributed by atoms with Crippen LogP contribution in [0.15, 0.2) is 40.5 Å². The van der Waals surface area contributed by atoms with Crippen molar-refractivity contribution in [1.29, 1.82) is 0 Å². The zero-order valence-corrected chi connectivity index (χ0v) is 14.4. The van der Waals surface area contributed by atoms with E-state index in [0.29, 0.717) is 35.9 Å². The average Bonchev–Trinajstić information content (AvgIpc) is 3.12. The van der Waals surface area contributed by atoms with E-state index in [9.17, 15) is 9.59 Å². The second-order valence-electron chi connectivity index (χ2n) is 5.59. The number of hydrogen-bond acceptors (Lipinski definition) is 5. The number of benzene rings is 1. The van der Waals surface area contributed by atoms with Crippen molar-refractivity contribution in [3.63, 3.8) is 0 Å². The van der Waals surface area contributed by atoms with Crippen molar-refractivity contribution in [2.45, 2.75) is 20.8 Å². The number of ketones is 1. The van der Waals surface area contributed by atoms with Crippen molar-refractivity contribution in [2.75, 3.05) is 13.1 Å². The number of ether oxygens (including phenoxy) is 2. The van der Waals surface area contributed by atoms with Crippen LogP contribution in [0.5, 0.6) is 11.5 Å². The maximum Gasteiger partial charge on any atom is 0.415 e. The van der Waals surface area contributed by atoms with Crippen LogP contribution in [0, 0.1) is 6.92 Å². The van der Waals surface area contributed by atoms with E-state index in [1.807, 2.05) is 26.8 Å². The summed E-state index contributed by atoms with van der Waals surface area (Å²) in [6.45, 7) is 6.70. The van der Waals surface area contributed by atoms with Crippen LogP contribution in [0.3, 0.4) is 0 Å². The monoisotopic (exact) mass is 341 g/mol. The largest absolute Gasteiger partial charge is 0.462 e. The molecule has 0 spiro atoms. The van der Waals surface area contributed by atoms with Crippen LogP contribution in [-0.4, -0.2) is 29.9 Å². The van der Waals surface area contributed by atoms with Crippen LogP contribution in [-0.2, 0) is 0 Å². The van der Waals surface area contributed by atoms with Crippen molar-refractivity contribution in [1.82, 2.24) is 4.90 Å². The summed E-state index contributed by atoms with van der Waals surface area (Å²) >= 11 is 0. The first-order valence-electron chi connectivity index (χ1n) is 8.13. The van der Waals surface area contributed by atoms with E-state index in [1.54, 1.807) is 35.2 Å². The molecule has 0 atom stereocenters. The van der Waals surface area contributed by atoms with Gasteiger partial charge in [0.05, 0.1) is 5.56 Å². The molecule has 1 aromatic heterocycles. The summed E-state index contributed by atoms with van der Waals surface area (Å²) in [5.74, 6) is 1.94. The SMILES string of the molecule is CCN(CC)C(=O)Oc1ccc2c(c1)O/C(=C/c1ccc(C)o1)C2=O. The van der Waals surface area contributed by atoms with Crippen LogP contribution in [0.2, 0.25) is 0 Å². The van der Waals surface area contributed by atoms with Gasteiger partial charge in [-0.05, 0) is 45.0 Å². The Balaban J connectivity index is 1.80. The third-order valence-corrected chi connectivity index (χ3v) is 3.90. The molecule has 6 heteroatoms. The molecule has 3 rings (SSSR count). The fourth-order valence-electron chi connectivity index (χ4n) is 2.54. The number of Topliss-reactive ketones (excluding diaryl/α,β-unsaturated/α-hetero) is 1. The van der Waals surface area contributed by atoms with Gasteiger partial charge in [0, 0.05) is 25.2 Å². The maximum absolute atomic E-state index is 12.4. The van der Waals surface area contributed by atoms with E-state index in [2.05, 4.69) is 0 Å². The molecule has 2 aromatic rings. The molecule has 0 aliphatic carbocycles. The second kappa shape index (κ2) is 6.84. The molecule has 0 saturated carbocycles. The Labute approximate surface area is 145 Å². The minimum absolute atomic E-state index is 0.177. The smallest absolute Gasteiger partial charge is 0.415 e.